The number of aliphatic hydroxyl groups excluding tert-OH is 1. The van der Waals surface area contributed by atoms with E-state index in [1.807, 2.05) is 17.2 Å². The molecule has 0 bridgehead atoms. The number of carbonyl (C=O) groups excluding carboxylic acids is 1. The van der Waals surface area contributed by atoms with Gasteiger partial charge in [0.2, 0.25) is 0 Å². The van der Waals surface area contributed by atoms with E-state index in [-0.39, 0.29) is 12.5 Å². The van der Waals surface area contributed by atoms with Gasteiger partial charge in [-0.25, -0.2) is 4.98 Å². The van der Waals surface area contributed by atoms with Crippen LogP contribution in [-0.4, -0.2) is 65.1 Å². The molecule has 1 aromatic rings. The highest BCUT2D eigenvalue weighted by Gasteiger charge is 2.21. The summed E-state index contributed by atoms with van der Waals surface area (Å²) in [6.07, 6.45) is 0.953. The Bertz CT molecular complexity index is 408. The second-order valence-electron chi connectivity index (χ2n) is 4.46. The highest BCUT2D eigenvalue weighted by atomic mass is 32.1. The molecule has 0 saturated carbocycles. The SMILES string of the molecule is Cc1nc(C(=O)N2CCCN(CCO)CC2)cs1. The maximum atomic E-state index is 12.2. The minimum Gasteiger partial charge on any atom is -0.395 e. The van der Waals surface area contributed by atoms with Gasteiger partial charge in [0.05, 0.1) is 11.6 Å². The third kappa shape index (κ3) is 3.28. The molecule has 1 saturated heterocycles. The van der Waals surface area contributed by atoms with Crippen LogP contribution in [0.2, 0.25) is 0 Å². The summed E-state index contributed by atoms with van der Waals surface area (Å²) >= 11 is 1.51. The van der Waals surface area contributed by atoms with E-state index in [2.05, 4.69) is 9.88 Å². The molecular weight excluding hydrogens is 250 g/mol. The number of hydrogen-bond donors (Lipinski definition) is 1. The molecule has 5 nitrogen and oxygen atoms in total. The Morgan fingerprint density at radius 3 is 2.94 bits per heavy atom. The molecule has 100 valence electrons. The first-order valence-corrected chi connectivity index (χ1v) is 7.13. The molecule has 1 N–H and O–H groups in total. The number of aliphatic hydroxyl groups is 1. The Kier molecular flexibility index (Phi) is 4.68. The Morgan fingerprint density at radius 2 is 2.28 bits per heavy atom. The molecule has 1 amide bonds. The normalized spacial score (nSPS) is 17.8. The van der Waals surface area contributed by atoms with Crippen LogP contribution >= 0.6 is 11.3 Å². The Labute approximate surface area is 111 Å². The second-order valence-corrected chi connectivity index (χ2v) is 5.52. The fourth-order valence-corrected chi connectivity index (χ4v) is 2.75. The summed E-state index contributed by atoms with van der Waals surface area (Å²) in [7, 11) is 0. The van der Waals surface area contributed by atoms with Crippen LogP contribution in [0.25, 0.3) is 0 Å². The van der Waals surface area contributed by atoms with E-state index in [4.69, 9.17) is 5.11 Å². The van der Waals surface area contributed by atoms with Crippen molar-refractivity contribution in [1.82, 2.24) is 14.8 Å². The maximum absolute atomic E-state index is 12.2. The molecule has 1 aliphatic rings. The first-order chi connectivity index (χ1) is 8.70. The Hall–Kier alpha value is -0.980. The third-order valence-electron chi connectivity index (χ3n) is 3.13. The predicted molar refractivity (Wildman–Crippen MR) is 70.9 cm³/mol. The quantitative estimate of drug-likeness (QED) is 0.872. The van der Waals surface area contributed by atoms with E-state index in [1.54, 1.807) is 0 Å². The van der Waals surface area contributed by atoms with Crippen LogP contribution in [0.5, 0.6) is 0 Å². The zero-order valence-electron chi connectivity index (χ0n) is 10.6. The number of amides is 1. The number of aryl methyl sites for hydroxylation is 1. The topological polar surface area (TPSA) is 56.7 Å². The summed E-state index contributed by atoms with van der Waals surface area (Å²) in [6.45, 7) is 6.05. The largest absolute Gasteiger partial charge is 0.395 e. The van der Waals surface area contributed by atoms with Crippen LogP contribution in [-0.2, 0) is 0 Å². The highest BCUT2D eigenvalue weighted by molar-refractivity contribution is 7.09. The molecule has 6 heteroatoms. The van der Waals surface area contributed by atoms with Gasteiger partial charge in [0.15, 0.2) is 0 Å². The van der Waals surface area contributed by atoms with Crippen LogP contribution in [0.1, 0.15) is 21.9 Å². The molecule has 2 heterocycles. The molecule has 0 spiro atoms. The fourth-order valence-electron chi connectivity index (χ4n) is 2.16. The minimum atomic E-state index is 0.0326. The summed E-state index contributed by atoms with van der Waals surface area (Å²) < 4.78 is 0. The van der Waals surface area contributed by atoms with Gasteiger partial charge in [-0.1, -0.05) is 0 Å². The Balaban J connectivity index is 1.95. The van der Waals surface area contributed by atoms with Crippen LogP contribution in [0, 0.1) is 6.92 Å². The van der Waals surface area contributed by atoms with Gasteiger partial charge in [0.25, 0.3) is 5.91 Å². The molecule has 1 aromatic heterocycles. The summed E-state index contributed by atoms with van der Waals surface area (Å²) in [6, 6.07) is 0. The van der Waals surface area contributed by atoms with E-state index in [1.165, 1.54) is 11.3 Å². The molecular formula is C12H19N3O2S. The van der Waals surface area contributed by atoms with Crippen molar-refractivity contribution in [3.8, 4) is 0 Å². The number of β-amino-alcohol motifs (C(OH)–C–C–N with tert-alkyl or cyclic N) is 1. The van der Waals surface area contributed by atoms with Gasteiger partial charge in [0.1, 0.15) is 5.69 Å². The summed E-state index contributed by atoms with van der Waals surface area (Å²) in [4.78, 5) is 20.5. The molecule has 2 rings (SSSR count). The van der Waals surface area contributed by atoms with Gasteiger partial charge in [0, 0.05) is 31.6 Å². The molecule has 18 heavy (non-hydrogen) atoms. The van der Waals surface area contributed by atoms with Gasteiger partial charge in [-0.2, -0.15) is 0 Å². The van der Waals surface area contributed by atoms with Gasteiger partial charge in [-0.15, -0.1) is 11.3 Å². The van der Waals surface area contributed by atoms with E-state index >= 15 is 0 Å². The second kappa shape index (κ2) is 6.26. The molecule has 1 fully saturated rings. The first-order valence-electron chi connectivity index (χ1n) is 6.25. The van der Waals surface area contributed by atoms with Crippen molar-refractivity contribution in [2.24, 2.45) is 0 Å². The fraction of sp³-hybridized carbons (Fsp3) is 0.667. The zero-order chi connectivity index (χ0) is 13.0. The predicted octanol–water partition coefficient (Wildman–Crippen LogP) is 0.592. The van der Waals surface area contributed by atoms with Crippen molar-refractivity contribution in [2.75, 3.05) is 39.3 Å². The number of aromatic nitrogens is 1. The molecule has 0 unspecified atom stereocenters. The zero-order valence-corrected chi connectivity index (χ0v) is 11.4. The van der Waals surface area contributed by atoms with E-state index in [0.29, 0.717) is 12.2 Å². The van der Waals surface area contributed by atoms with Crippen LogP contribution in [0.4, 0.5) is 0 Å². The molecule has 0 atom stereocenters. The van der Waals surface area contributed by atoms with Crippen molar-refractivity contribution < 1.29 is 9.90 Å². The van der Waals surface area contributed by atoms with Crippen molar-refractivity contribution in [3.63, 3.8) is 0 Å². The number of nitrogens with zero attached hydrogens (tertiary/aromatic N) is 3. The minimum absolute atomic E-state index is 0.0326. The average Bonchev–Trinajstić information content (AvgIpc) is 2.65. The molecule has 0 aromatic carbocycles. The third-order valence-corrected chi connectivity index (χ3v) is 3.90. The van der Waals surface area contributed by atoms with E-state index in [0.717, 1.165) is 37.6 Å². The van der Waals surface area contributed by atoms with Crippen LogP contribution in [0.3, 0.4) is 0 Å². The number of rotatable bonds is 3. The smallest absolute Gasteiger partial charge is 0.273 e. The van der Waals surface area contributed by atoms with Crippen molar-refractivity contribution in [3.05, 3.63) is 16.1 Å². The van der Waals surface area contributed by atoms with Crippen LogP contribution in [0.15, 0.2) is 5.38 Å². The van der Waals surface area contributed by atoms with Gasteiger partial charge in [-0.3, -0.25) is 9.69 Å². The Morgan fingerprint density at radius 1 is 1.44 bits per heavy atom. The number of hydrogen-bond acceptors (Lipinski definition) is 5. The standard InChI is InChI=1S/C12H19N3O2S/c1-10-13-11(9-18-10)12(17)15-4-2-3-14(5-6-15)7-8-16/h9,16H,2-8H2,1H3. The van der Waals surface area contributed by atoms with E-state index in [9.17, 15) is 4.79 Å². The van der Waals surface area contributed by atoms with Gasteiger partial charge in [-0.05, 0) is 19.9 Å². The van der Waals surface area contributed by atoms with Crippen molar-refractivity contribution in [1.29, 1.82) is 0 Å². The lowest BCUT2D eigenvalue weighted by atomic mass is 10.3. The number of thiazole rings is 1. The monoisotopic (exact) mass is 269 g/mol. The lowest BCUT2D eigenvalue weighted by Gasteiger charge is -2.20. The molecule has 0 radical (unpaired) electrons. The summed E-state index contributed by atoms with van der Waals surface area (Å²) in [5.41, 5.74) is 0.563. The first kappa shape index (κ1) is 13.5. The molecule has 0 aliphatic carbocycles. The van der Waals surface area contributed by atoms with Crippen molar-refractivity contribution in [2.45, 2.75) is 13.3 Å². The van der Waals surface area contributed by atoms with Gasteiger partial charge < -0.3 is 10.0 Å². The highest BCUT2D eigenvalue weighted by Crippen LogP contribution is 2.12. The van der Waals surface area contributed by atoms with Crippen molar-refractivity contribution >= 4 is 17.2 Å². The lowest BCUT2D eigenvalue weighted by molar-refractivity contribution is 0.0755. The average molecular weight is 269 g/mol. The van der Waals surface area contributed by atoms with E-state index < -0.39 is 0 Å². The maximum Gasteiger partial charge on any atom is 0.273 e. The van der Waals surface area contributed by atoms with Gasteiger partial charge >= 0.3 is 0 Å². The summed E-state index contributed by atoms with van der Waals surface area (Å²) in [5, 5.41) is 11.7. The molecule has 1 aliphatic heterocycles. The summed E-state index contributed by atoms with van der Waals surface area (Å²) in [5.74, 6) is 0.0326. The van der Waals surface area contributed by atoms with Crippen LogP contribution < -0.4 is 0 Å². The number of carbonyl (C=O) groups is 1. The lowest BCUT2D eigenvalue weighted by Crippen LogP contribution is -2.36.